The van der Waals surface area contributed by atoms with Crippen molar-refractivity contribution in [2.45, 2.75) is 76.9 Å². The molecule has 1 atom stereocenters. The highest BCUT2D eigenvalue weighted by molar-refractivity contribution is 5.84. The number of urea groups is 1. The van der Waals surface area contributed by atoms with Crippen LogP contribution >= 0.6 is 0 Å². The molecule has 5 rings (SSSR count). The fraction of sp³-hybridized carbons (Fsp3) is 0.769. The molecule has 1 aromatic heterocycles. The van der Waals surface area contributed by atoms with Gasteiger partial charge in [0.1, 0.15) is 6.54 Å². The molecule has 0 saturated heterocycles. The summed E-state index contributed by atoms with van der Waals surface area (Å²) in [6.45, 7) is 5.71. The molecule has 0 spiro atoms. The van der Waals surface area contributed by atoms with E-state index in [-0.39, 0.29) is 30.1 Å². The van der Waals surface area contributed by atoms with Gasteiger partial charge in [-0.2, -0.15) is 0 Å². The Morgan fingerprint density at radius 1 is 1.21 bits per heavy atom. The van der Waals surface area contributed by atoms with Crippen molar-refractivity contribution in [3.05, 3.63) is 24.0 Å². The molecule has 3 amide bonds. The van der Waals surface area contributed by atoms with Gasteiger partial charge in [-0.15, -0.1) is 0 Å². The molecule has 0 aromatic carbocycles. The molecular formula is C26H42N4O3. The van der Waals surface area contributed by atoms with Gasteiger partial charge in [0.15, 0.2) is 0 Å². The van der Waals surface area contributed by atoms with Gasteiger partial charge in [-0.25, -0.2) is 4.79 Å². The fourth-order valence-electron chi connectivity index (χ4n) is 6.81. The number of amides is 3. The molecule has 4 saturated carbocycles. The van der Waals surface area contributed by atoms with Crippen molar-refractivity contribution >= 4 is 11.9 Å². The first-order valence-electron chi connectivity index (χ1n) is 12.8. The molecule has 4 aliphatic carbocycles. The summed E-state index contributed by atoms with van der Waals surface area (Å²) in [5, 5.41) is 3.47. The number of ether oxygens (including phenoxy) is 1. The Kier molecular flexibility index (Phi) is 7.37. The molecule has 1 N–H and O–H groups in total. The monoisotopic (exact) mass is 458 g/mol. The first-order chi connectivity index (χ1) is 15.8. The summed E-state index contributed by atoms with van der Waals surface area (Å²) in [7, 11) is 3.63. The summed E-state index contributed by atoms with van der Waals surface area (Å²) < 4.78 is 7.29. The zero-order valence-electron chi connectivity index (χ0n) is 20.9. The maximum absolute atomic E-state index is 13.6. The molecule has 0 aliphatic heterocycles. The predicted molar refractivity (Wildman–Crippen MR) is 129 cm³/mol. The minimum Gasteiger partial charge on any atom is -0.383 e. The Morgan fingerprint density at radius 2 is 1.85 bits per heavy atom. The number of hydrogen-bond donors (Lipinski definition) is 1. The minimum atomic E-state index is -0.0646. The van der Waals surface area contributed by atoms with Crippen LogP contribution in [0.5, 0.6) is 0 Å². The second-order valence-corrected chi connectivity index (χ2v) is 10.9. The van der Waals surface area contributed by atoms with Crippen molar-refractivity contribution in [2.75, 3.05) is 26.8 Å². The molecule has 184 valence electrons. The van der Waals surface area contributed by atoms with E-state index in [9.17, 15) is 9.59 Å². The van der Waals surface area contributed by atoms with Crippen LogP contribution in [0.15, 0.2) is 18.3 Å². The Hall–Kier alpha value is -2.02. The molecule has 33 heavy (non-hydrogen) atoms. The smallest absolute Gasteiger partial charge is 0.318 e. The number of hydrogen-bond acceptors (Lipinski definition) is 3. The second kappa shape index (κ2) is 10.1. The first kappa shape index (κ1) is 24.1. The van der Waals surface area contributed by atoms with Crippen LogP contribution in [0.1, 0.15) is 64.5 Å². The van der Waals surface area contributed by atoms with E-state index in [4.69, 9.17) is 4.74 Å². The molecule has 1 aromatic rings. The number of nitrogens with zero attached hydrogens (tertiary/aromatic N) is 3. The van der Waals surface area contributed by atoms with Crippen LogP contribution in [0, 0.1) is 17.8 Å². The summed E-state index contributed by atoms with van der Waals surface area (Å²) in [6.07, 6.45) is 10.2. The van der Waals surface area contributed by atoms with Gasteiger partial charge in [-0.05, 0) is 81.8 Å². The first-order valence-corrected chi connectivity index (χ1v) is 12.8. The molecule has 7 nitrogen and oxygen atoms in total. The van der Waals surface area contributed by atoms with Gasteiger partial charge in [0.2, 0.25) is 5.91 Å². The van der Waals surface area contributed by atoms with E-state index in [1.807, 2.05) is 41.8 Å². The average Bonchev–Trinajstić information content (AvgIpc) is 3.17. The van der Waals surface area contributed by atoms with Gasteiger partial charge in [0.25, 0.3) is 0 Å². The second-order valence-electron chi connectivity index (χ2n) is 10.9. The van der Waals surface area contributed by atoms with Gasteiger partial charge in [0, 0.05) is 44.2 Å². The van der Waals surface area contributed by atoms with Crippen LogP contribution in [0.3, 0.4) is 0 Å². The quantitative estimate of drug-likeness (QED) is 0.580. The lowest BCUT2D eigenvalue weighted by molar-refractivity contribution is -0.133. The highest BCUT2D eigenvalue weighted by Gasteiger charge is 2.52. The molecule has 4 fully saturated rings. The third-order valence-corrected chi connectivity index (χ3v) is 8.42. The Bertz CT molecular complexity index is 800. The normalized spacial score (nSPS) is 28.5. The summed E-state index contributed by atoms with van der Waals surface area (Å²) in [4.78, 5) is 30.6. The van der Waals surface area contributed by atoms with Crippen molar-refractivity contribution in [3.8, 4) is 0 Å². The van der Waals surface area contributed by atoms with Crippen LogP contribution in [-0.4, -0.2) is 64.7 Å². The van der Waals surface area contributed by atoms with Gasteiger partial charge < -0.3 is 24.4 Å². The van der Waals surface area contributed by atoms with Crippen molar-refractivity contribution < 1.29 is 14.3 Å². The number of carbonyl (C=O) groups is 2. The standard InChI is InChI=1S/C26H42N4O3/c1-5-19(2)30(18-24(31)29(9-10-33-4)17-23-7-6-8-28(23)3)25(32)27-26-14-20-11-21(15-26)13-22(12-20)16-26/h6-8,19-22H,5,9-18H2,1-4H3,(H,27,32). The molecular weight excluding hydrogens is 416 g/mol. The van der Waals surface area contributed by atoms with Gasteiger partial charge in [0.05, 0.1) is 13.2 Å². The van der Waals surface area contributed by atoms with Gasteiger partial charge in [-0.1, -0.05) is 6.92 Å². The van der Waals surface area contributed by atoms with Crippen LogP contribution < -0.4 is 5.32 Å². The molecule has 4 aliphatic rings. The third kappa shape index (κ3) is 5.39. The topological polar surface area (TPSA) is 66.8 Å². The van der Waals surface area contributed by atoms with Crippen molar-refractivity contribution in [2.24, 2.45) is 24.8 Å². The largest absolute Gasteiger partial charge is 0.383 e. The van der Waals surface area contributed by atoms with Crippen molar-refractivity contribution in [3.63, 3.8) is 0 Å². The molecule has 7 heteroatoms. The Balaban J connectivity index is 1.45. The number of methoxy groups -OCH3 is 1. The Labute approximate surface area is 198 Å². The maximum Gasteiger partial charge on any atom is 0.318 e. The number of nitrogens with one attached hydrogen (secondary N) is 1. The number of rotatable bonds is 10. The molecule has 1 heterocycles. The lowest BCUT2D eigenvalue weighted by atomic mass is 9.53. The summed E-state index contributed by atoms with van der Waals surface area (Å²) in [5.74, 6) is 2.27. The van der Waals surface area contributed by atoms with Crippen molar-refractivity contribution in [1.82, 2.24) is 19.7 Å². The highest BCUT2D eigenvalue weighted by Crippen LogP contribution is 2.55. The van der Waals surface area contributed by atoms with Crippen molar-refractivity contribution in [1.29, 1.82) is 0 Å². The Morgan fingerprint density at radius 3 is 2.36 bits per heavy atom. The molecule has 0 radical (unpaired) electrons. The SMILES string of the molecule is CCC(C)N(CC(=O)N(CCOC)Cc1cccn1C)C(=O)NC12CC3CC(CC(C3)C1)C2. The third-order valence-electron chi connectivity index (χ3n) is 8.42. The van der Waals surface area contributed by atoms with Gasteiger partial charge >= 0.3 is 6.03 Å². The van der Waals surface area contributed by atoms with E-state index in [1.165, 1.54) is 19.3 Å². The zero-order chi connectivity index (χ0) is 23.6. The van der Waals surface area contributed by atoms with Crippen LogP contribution in [0.4, 0.5) is 4.79 Å². The van der Waals surface area contributed by atoms with E-state index in [1.54, 1.807) is 12.0 Å². The van der Waals surface area contributed by atoms with Crippen LogP contribution in [0.2, 0.25) is 0 Å². The van der Waals surface area contributed by atoms with E-state index in [2.05, 4.69) is 12.2 Å². The summed E-state index contributed by atoms with van der Waals surface area (Å²) in [5.41, 5.74) is 1.01. The fourth-order valence-corrected chi connectivity index (χ4v) is 6.81. The lowest BCUT2D eigenvalue weighted by Crippen LogP contribution is -2.63. The zero-order valence-corrected chi connectivity index (χ0v) is 20.9. The van der Waals surface area contributed by atoms with E-state index >= 15 is 0 Å². The number of aryl methyl sites for hydroxylation is 1. The van der Waals surface area contributed by atoms with E-state index < -0.39 is 0 Å². The minimum absolute atomic E-state index is 0.00201. The average molecular weight is 459 g/mol. The number of carbonyl (C=O) groups excluding carboxylic acids is 2. The molecule has 1 unspecified atom stereocenters. The predicted octanol–water partition coefficient (Wildman–Crippen LogP) is 3.78. The summed E-state index contributed by atoms with van der Waals surface area (Å²) in [6, 6.07) is 3.95. The van der Waals surface area contributed by atoms with Gasteiger partial charge in [-0.3, -0.25) is 4.79 Å². The number of aromatic nitrogens is 1. The maximum atomic E-state index is 13.6. The van der Waals surface area contributed by atoms with E-state index in [0.29, 0.717) is 19.7 Å². The lowest BCUT2D eigenvalue weighted by Gasteiger charge is -2.57. The summed E-state index contributed by atoms with van der Waals surface area (Å²) >= 11 is 0. The van der Waals surface area contributed by atoms with E-state index in [0.717, 1.165) is 49.1 Å². The van der Waals surface area contributed by atoms with Crippen LogP contribution in [0.25, 0.3) is 0 Å². The van der Waals surface area contributed by atoms with Crippen LogP contribution in [-0.2, 0) is 23.1 Å². The molecule has 4 bridgehead atoms. The highest BCUT2D eigenvalue weighted by atomic mass is 16.5.